The van der Waals surface area contributed by atoms with Crippen molar-refractivity contribution in [1.82, 2.24) is 21.3 Å². The van der Waals surface area contributed by atoms with Crippen molar-refractivity contribution in [2.75, 3.05) is 6.54 Å². The topological polar surface area (TPSA) is 306 Å². The zero-order valence-electron chi connectivity index (χ0n) is 25.2. The van der Waals surface area contributed by atoms with Gasteiger partial charge in [-0.05, 0) is 55.8 Å². The number of aromatic hydroxyl groups is 1. The molecule has 1 aromatic rings. The number of hydrogen-bond acceptors (Lipinski definition) is 10. The number of nitrogens with two attached hydrogens (primary N) is 3. The van der Waals surface area contributed by atoms with Gasteiger partial charge in [0, 0.05) is 0 Å². The van der Waals surface area contributed by atoms with Crippen LogP contribution in [0.1, 0.15) is 51.5 Å². The number of phenols is 1. The lowest BCUT2D eigenvalue weighted by Crippen LogP contribution is -2.60. The molecule has 0 spiro atoms. The van der Waals surface area contributed by atoms with Crippen molar-refractivity contribution in [3.63, 3.8) is 0 Å². The van der Waals surface area contributed by atoms with Gasteiger partial charge in [0.25, 0.3) is 0 Å². The maximum atomic E-state index is 13.2. The summed E-state index contributed by atoms with van der Waals surface area (Å²) in [5, 5.41) is 37.2. The number of carboxylic acids is 2. The van der Waals surface area contributed by atoms with E-state index in [1.165, 1.54) is 12.1 Å². The lowest BCUT2D eigenvalue weighted by Gasteiger charge is -2.27. The first-order valence-electron chi connectivity index (χ1n) is 14.2. The predicted molar refractivity (Wildman–Crippen MR) is 159 cm³/mol. The molecule has 13 N–H and O–H groups in total. The van der Waals surface area contributed by atoms with Crippen LogP contribution >= 0.6 is 0 Å². The van der Waals surface area contributed by atoms with E-state index in [1.807, 2.05) is 0 Å². The van der Waals surface area contributed by atoms with E-state index in [2.05, 4.69) is 21.3 Å². The number of phenolic OH excluding ortho intramolecular Hbond substituents is 1. The van der Waals surface area contributed by atoms with Gasteiger partial charge in [-0.25, -0.2) is 0 Å². The molecule has 17 nitrogen and oxygen atoms in total. The molecule has 0 aliphatic carbocycles. The van der Waals surface area contributed by atoms with E-state index in [4.69, 9.17) is 22.3 Å². The first-order valence-corrected chi connectivity index (χ1v) is 14.2. The lowest BCUT2D eigenvalue weighted by atomic mass is 10.0. The van der Waals surface area contributed by atoms with Crippen molar-refractivity contribution in [2.24, 2.45) is 23.1 Å². The number of unbranched alkanes of at least 4 members (excludes halogenated alkanes) is 1. The Balaban J connectivity index is 3.08. The van der Waals surface area contributed by atoms with Gasteiger partial charge < -0.3 is 53.8 Å². The minimum atomic E-state index is -1.70. The molecule has 5 amide bonds. The van der Waals surface area contributed by atoms with Crippen LogP contribution < -0.4 is 38.5 Å². The number of hydrogen-bond donors (Lipinski definition) is 10. The molecule has 0 bridgehead atoms. The Hall–Kier alpha value is -4.77. The van der Waals surface area contributed by atoms with Gasteiger partial charge in [0.2, 0.25) is 29.5 Å². The van der Waals surface area contributed by atoms with Crippen molar-refractivity contribution in [1.29, 1.82) is 0 Å². The molecule has 0 aliphatic rings. The summed E-state index contributed by atoms with van der Waals surface area (Å²) in [5.41, 5.74) is 17.3. The van der Waals surface area contributed by atoms with Crippen LogP contribution in [0, 0.1) is 5.92 Å². The van der Waals surface area contributed by atoms with Crippen LogP contribution in [0.2, 0.25) is 0 Å². The Morgan fingerprint density at radius 2 is 1.24 bits per heavy atom. The van der Waals surface area contributed by atoms with Gasteiger partial charge in [-0.1, -0.05) is 26.0 Å². The van der Waals surface area contributed by atoms with Crippen LogP contribution in [0.25, 0.3) is 0 Å². The summed E-state index contributed by atoms with van der Waals surface area (Å²) in [5.74, 6) is -8.11. The zero-order valence-corrected chi connectivity index (χ0v) is 25.2. The number of rotatable bonds is 20. The second kappa shape index (κ2) is 18.8. The molecule has 0 aliphatic heterocycles. The van der Waals surface area contributed by atoms with Crippen LogP contribution in [0.5, 0.6) is 5.75 Å². The Bertz CT molecular complexity index is 1210. The van der Waals surface area contributed by atoms with Gasteiger partial charge in [-0.15, -0.1) is 0 Å². The summed E-state index contributed by atoms with van der Waals surface area (Å²) < 4.78 is 0. The van der Waals surface area contributed by atoms with Gasteiger partial charge in [0.15, 0.2) is 0 Å². The SMILES string of the molecule is CC(C)[C@@H](NC(=O)[C@H](N)Cc1ccc(O)cc1)C(=O)N[C@H](CC(=O)O)C(=O)N[C@H](CCCCN)C(=O)N[C@H](CC(=O)O)C(N)=O. The molecular weight excluding hydrogens is 594 g/mol. The van der Waals surface area contributed by atoms with Crippen molar-refractivity contribution in [2.45, 2.75) is 82.6 Å². The molecule has 17 heteroatoms. The van der Waals surface area contributed by atoms with E-state index in [0.29, 0.717) is 18.4 Å². The number of carboxylic acid groups (broad SMARTS) is 2. The number of nitrogens with one attached hydrogen (secondary N) is 4. The number of primary amides is 1. The zero-order chi connectivity index (χ0) is 34.3. The lowest BCUT2D eigenvalue weighted by molar-refractivity contribution is -0.141. The van der Waals surface area contributed by atoms with Crippen LogP contribution in [0.3, 0.4) is 0 Å². The second-order valence-electron chi connectivity index (χ2n) is 10.8. The van der Waals surface area contributed by atoms with E-state index in [0.717, 1.165) is 0 Å². The molecule has 0 saturated heterocycles. The summed E-state index contributed by atoms with van der Waals surface area (Å²) in [6, 6.07) is -0.965. The van der Waals surface area contributed by atoms with E-state index in [-0.39, 0.29) is 25.1 Å². The average molecular weight is 638 g/mol. The highest BCUT2D eigenvalue weighted by Gasteiger charge is 2.33. The largest absolute Gasteiger partial charge is 0.508 e. The molecule has 0 unspecified atom stereocenters. The van der Waals surface area contributed by atoms with Crippen LogP contribution in [-0.2, 0) is 40.0 Å². The molecule has 1 aromatic carbocycles. The number of aliphatic carboxylic acids is 2. The van der Waals surface area contributed by atoms with E-state index >= 15 is 0 Å². The minimum absolute atomic E-state index is 0.0232. The molecule has 250 valence electrons. The van der Waals surface area contributed by atoms with Crippen molar-refractivity contribution >= 4 is 41.5 Å². The number of carbonyl (C=O) groups excluding carboxylic acids is 5. The third-order valence-corrected chi connectivity index (χ3v) is 6.61. The van der Waals surface area contributed by atoms with Gasteiger partial charge in [0.1, 0.15) is 29.9 Å². The van der Waals surface area contributed by atoms with Crippen molar-refractivity contribution < 1.29 is 48.9 Å². The first kappa shape index (κ1) is 38.3. The summed E-state index contributed by atoms with van der Waals surface area (Å²) >= 11 is 0. The molecule has 0 heterocycles. The highest BCUT2D eigenvalue weighted by Crippen LogP contribution is 2.12. The number of amides is 5. The fourth-order valence-corrected chi connectivity index (χ4v) is 4.12. The smallest absolute Gasteiger partial charge is 0.305 e. The first-order chi connectivity index (χ1) is 21.0. The summed E-state index contributed by atoms with van der Waals surface area (Å²) in [4.78, 5) is 86.5. The van der Waals surface area contributed by atoms with E-state index < -0.39 is 90.4 Å². The quantitative estimate of drug-likeness (QED) is 0.0659. The van der Waals surface area contributed by atoms with Crippen LogP contribution in [-0.4, -0.2) is 93.5 Å². The Labute approximate surface area is 259 Å². The van der Waals surface area contributed by atoms with E-state index in [1.54, 1.807) is 26.0 Å². The van der Waals surface area contributed by atoms with Crippen LogP contribution in [0.15, 0.2) is 24.3 Å². The van der Waals surface area contributed by atoms with Gasteiger partial charge in [0.05, 0.1) is 18.9 Å². The van der Waals surface area contributed by atoms with Gasteiger partial charge in [-0.3, -0.25) is 33.6 Å². The molecule has 0 radical (unpaired) electrons. The Morgan fingerprint density at radius 1 is 0.733 bits per heavy atom. The van der Waals surface area contributed by atoms with E-state index in [9.17, 15) is 43.8 Å². The fraction of sp³-hybridized carbons (Fsp3) is 0.536. The average Bonchev–Trinajstić information content (AvgIpc) is 2.94. The molecule has 1 rings (SSSR count). The van der Waals surface area contributed by atoms with Crippen molar-refractivity contribution in [3.05, 3.63) is 29.8 Å². The third-order valence-electron chi connectivity index (χ3n) is 6.61. The molecule has 0 fully saturated rings. The monoisotopic (exact) mass is 637 g/mol. The molecule has 45 heavy (non-hydrogen) atoms. The highest BCUT2D eigenvalue weighted by atomic mass is 16.4. The highest BCUT2D eigenvalue weighted by molar-refractivity contribution is 5.97. The normalized spacial score (nSPS) is 14.2. The summed E-state index contributed by atoms with van der Waals surface area (Å²) in [6.45, 7) is 3.46. The maximum Gasteiger partial charge on any atom is 0.305 e. The van der Waals surface area contributed by atoms with Crippen LogP contribution in [0.4, 0.5) is 0 Å². The molecule has 0 aromatic heterocycles. The Morgan fingerprint density at radius 3 is 1.76 bits per heavy atom. The minimum Gasteiger partial charge on any atom is -0.508 e. The fourth-order valence-electron chi connectivity index (χ4n) is 4.12. The standard InChI is InChI=1S/C28H43N7O10/c1-14(2)23(35-25(42)17(30)11-15-6-8-16(36)9-7-15)28(45)34-20(13-22(39)40)27(44)32-18(5-3-4-10-29)26(43)33-19(24(31)41)12-21(37)38/h6-9,14,17-20,23,36H,3-5,10-13,29-30H2,1-2H3,(H2,31,41)(H,32,44)(H,33,43)(H,34,45)(H,35,42)(H,37,38)(H,39,40)/t17-,18-,19-,20-,23-/m1/s1. The second-order valence-corrected chi connectivity index (χ2v) is 10.8. The third kappa shape index (κ3) is 14.0. The molecule has 0 saturated carbocycles. The predicted octanol–water partition coefficient (Wildman–Crippen LogP) is -2.58. The Kier molecular flexibility index (Phi) is 16.0. The molecule has 5 atom stereocenters. The van der Waals surface area contributed by atoms with Gasteiger partial charge >= 0.3 is 11.9 Å². The van der Waals surface area contributed by atoms with Gasteiger partial charge in [-0.2, -0.15) is 0 Å². The summed E-state index contributed by atoms with van der Waals surface area (Å²) in [6.07, 6.45) is -0.894. The summed E-state index contributed by atoms with van der Waals surface area (Å²) in [7, 11) is 0. The van der Waals surface area contributed by atoms with Crippen molar-refractivity contribution in [3.8, 4) is 5.75 Å². The maximum absolute atomic E-state index is 13.2. The number of carbonyl (C=O) groups is 7. The number of benzene rings is 1. The molecular formula is C28H43N7O10.